The number of halogens is 1. The van der Waals surface area contributed by atoms with Crippen LogP contribution in [0.2, 0.25) is 0 Å². The van der Waals surface area contributed by atoms with Crippen molar-refractivity contribution < 1.29 is 4.79 Å². The van der Waals surface area contributed by atoms with Gasteiger partial charge < -0.3 is 0 Å². The van der Waals surface area contributed by atoms with E-state index in [1.54, 1.807) is 24.3 Å². The van der Waals surface area contributed by atoms with E-state index in [1.807, 2.05) is 0 Å². The van der Waals surface area contributed by atoms with Crippen LogP contribution in [0.15, 0.2) is 29.2 Å². The van der Waals surface area contributed by atoms with Gasteiger partial charge in [-0.2, -0.15) is 0 Å². The predicted molar refractivity (Wildman–Crippen MR) is 50.6 cm³/mol. The zero-order valence-electron chi connectivity index (χ0n) is 5.04. The van der Waals surface area contributed by atoms with Gasteiger partial charge >= 0.3 is 0 Å². The van der Waals surface area contributed by atoms with E-state index in [9.17, 15) is 4.79 Å². The van der Waals surface area contributed by atoms with Crippen molar-refractivity contribution in [1.29, 1.82) is 0 Å². The molecule has 0 aliphatic rings. The first-order valence-corrected chi connectivity index (χ1v) is 3.52. The van der Waals surface area contributed by atoms with Gasteiger partial charge in [-0.3, -0.25) is 4.79 Å². The monoisotopic (exact) mass is 188 g/mol. The predicted octanol–water partition coefficient (Wildman–Crippen LogP) is 2.99. The van der Waals surface area contributed by atoms with Gasteiger partial charge in [-0.25, -0.2) is 0 Å². The number of thiol groups is 1. The van der Waals surface area contributed by atoms with Crippen molar-refractivity contribution in [1.82, 2.24) is 0 Å². The van der Waals surface area contributed by atoms with E-state index in [-0.39, 0.29) is 7.43 Å². The highest BCUT2D eigenvalue weighted by Gasteiger charge is 2.02. The molecule has 0 N–H and O–H groups in total. The molecule has 0 aromatic heterocycles. The summed E-state index contributed by atoms with van der Waals surface area (Å²) in [5.74, 6) is 0. The van der Waals surface area contributed by atoms with E-state index in [1.165, 1.54) is 0 Å². The highest BCUT2D eigenvalue weighted by molar-refractivity contribution is 7.80. The van der Waals surface area contributed by atoms with Crippen LogP contribution in [0.25, 0.3) is 0 Å². The SMILES string of the molecule is C.O=C(Cl)c1ccccc1S. The summed E-state index contributed by atoms with van der Waals surface area (Å²) >= 11 is 9.25. The molecule has 1 nitrogen and oxygen atoms in total. The fourth-order valence-corrected chi connectivity index (χ4v) is 1.13. The Balaban J connectivity index is 0.000001000. The Hall–Kier alpha value is -0.470. The Labute approximate surface area is 76.8 Å². The van der Waals surface area contributed by atoms with Crippen LogP contribution in [-0.2, 0) is 0 Å². The molecule has 0 aliphatic heterocycles. The number of hydrogen-bond acceptors (Lipinski definition) is 2. The first-order valence-electron chi connectivity index (χ1n) is 2.69. The molecule has 0 amide bonds. The number of carbonyl (C=O) groups is 1. The van der Waals surface area contributed by atoms with Crippen molar-refractivity contribution in [2.75, 3.05) is 0 Å². The molecule has 0 heterocycles. The highest BCUT2D eigenvalue weighted by Crippen LogP contribution is 2.14. The second kappa shape index (κ2) is 4.42. The van der Waals surface area contributed by atoms with Gasteiger partial charge in [0.15, 0.2) is 0 Å². The minimum absolute atomic E-state index is 0. The highest BCUT2D eigenvalue weighted by atomic mass is 35.5. The lowest BCUT2D eigenvalue weighted by Gasteiger charge is -1.95. The lowest BCUT2D eigenvalue weighted by molar-refractivity contribution is 0.107. The molecule has 11 heavy (non-hydrogen) atoms. The molecule has 60 valence electrons. The summed E-state index contributed by atoms with van der Waals surface area (Å²) in [6, 6.07) is 6.90. The van der Waals surface area contributed by atoms with Gasteiger partial charge in [0, 0.05) is 10.5 Å². The van der Waals surface area contributed by atoms with Crippen LogP contribution in [0.4, 0.5) is 0 Å². The van der Waals surface area contributed by atoms with E-state index in [2.05, 4.69) is 12.6 Å². The number of hydrogen-bond donors (Lipinski definition) is 1. The van der Waals surface area contributed by atoms with Gasteiger partial charge in [-0.1, -0.05) is 19.6 Å². The Kier molecular flexibility index (Phi) is 4.23. The maximum Gasteiger partial charge on any atom is 0.253 e. The number of carbonyl (C=O) groups excluding carboxylic acids is 1. The molecule has 1 rings (SSSR count). The summed E-state index contributed by atoms with van der Waals surface area (Å²) in [5, 5.41) is -0.467. The zero-order chi connectivity index (χ0) is 7.56. The molecule has 1 aromatic rings. The number of rotatable bonds is 1. The minimum atomic E-state index is -0.467. The lowest BCUT2D eigenvalue weighted by Crippen LogP contribution is -1.88. The second-order valence-corrected chi connectivity index (χ2v) is 2.62. The molecule has 0 spiro atoms. The van der Waals surface area contributed by atoms with E-state index in [0.29, 0.717) is 10.5 Å². The normalized spacial score (nSPS) is 8.55. The van der Waals surface area contributed by atoms with E-state index < -0.39 is 5.24 Å². The van der Waals surface area contributed by atoms with Crippen molar-refractivity contribution in [3.8, 4) is 0 Å². The van der Waals surface area contributed by atoms with Crippen molar-refractivity contribution in [2.24, 2.45) is 0 Å². The van der Waals surface area contributed by atoms with Gasteiger partial charge in [0.05, 0.1) is 0 Å². The van der Waals surface area contributed by atoms with Crippen molar-refractivity contribution in [2.45, 2.75) is 12.3 Å². The minimum Gasteiger partial charge on any atom is -0.276 e. The molecular formula is C8H9ClOS. The van der Waals surface area contributed by atoms with Crippen LogP contribution < -0.4 is 0 Å². The van der Waals surface area contributed by atoms with Gasteiger partial charge in [0.25, 0.3) is 5.24 Å². The molecule has 0 unspecified atom stereocenters. The molecule has 0 bridgehead atoms. The first kappa shape index (κ1) is 10.5. The average molecular weight is 189 g/mol. The average Bonchev–Trinajstić information content (AvgIpc) is 1.88. The maximum absolute atomic E-state index is 10.6. The van der Waals surface area contributed by atoms with Crippen LogP contribution in [0.3, 0.4) is 0 Å². The fourth-order valence-electron chi connectivity index (χ4n) is 0.640. The molecule has 0 fully saturated rings. The van der Waals surface area contributed by atoms with Crippen LogP contribution in [0, 0.1) is 0 Å². The summed E-state index contributed by atoms with van der Waals surface area (Å²) in [7, 11) is 0. The third-order valence-corrected chi connectivity index (χ3v) is 1.71. The quantitative estimate of drug-likeness (QED) is 0.530. The Bertz CT molecular complexity index is 260. The maximum atomic E-state index is 10.6. The van der Waals surface area contributed by atoms with Gasteiger partial charge in [-0.15, -0.1) is 12.6 Å². The summed E-state index contributed by atoms with van der Waals surface area (Å²) in [6.45, 7) is 0. The molecule has 1 aromatic carbocycles. The molecule has 0 atom stereocenters. The van der Waals surface area contributed by atoms with E-state index >= 15 is 0 Å². The molecule has 3 heteroatoms. The smallest absolute Gasteiger partial charge is 0.253 e. The second-order valence-electron chi connectivity index (χ2n) is 1.79. The molecule has 0 radical (unpaired) electrons. The Morgan fingerprint density at radius 2 is 1.91 bits per heavy atom. The van der Waals surface area contributed by atoms with Gasteiger partial charge in [0.1, 0.15) is 0 Å². The van der Waals surface area contributed by atoms with Crippen LogP contribution in [-0.4, -0.2) is 5.24 Å². The summed E-state index contributed by atoms with van der Waals surface area (Å²) in [5.41, 5.74) is 0.451. The molecule has 0 aliphatic carbocycles. The van der Waals surface area contributed by atoms with E-state index in [4.69, 9.17) is 11.6 Å². The van der Waals surface area contributed by atoms with Crippen molar-refractivity contribution in [3.05, 3.63) is 29.8 Å². The third kappa shape index (κ3) is 2.56. The van der Waals surface area contributed by atoms with Crippen LogP contribution >= 0.6 is 24.2 Å². The summed E-state index contributed by atoms with van der Waals surface area (Å²) in [4.78, 5) is 11.2. The van der Waals surface area contributed by atoms with Crippen molar-refractivity contribution >= 4 is 29.5 Å². The van der Waals surface area contributed by atoms with Gasteiger partial charge in [-0.05, 0) is 23.7 Å². The van der Waals surface area contributed by atoms with Crippen LogP contribution in [0.1, 0.15) is 17.8 Å². The van der Waals surface area contributed by atoms with E-state index in [0.717, 1.165) is 0 Å². The van der Waals surface area contributed by atoms with Gasteiger partial charge in [0.2, 0.25) is 0 Å². The summed E-state index contributed by atoms with van der Waals surface area (Å²) in [6.07, 6.45) is 0. The topological polar surface area (TPSA) is 17.1 Å². The molecule has 0 saturated heterocycles. The molecular weight excluding hydrogens is 180 g/mol. The third-order valence-electron chi connectivity index (χ3n) is 1.12. The summed E-state index contributed by atoms with van der Waals surface area (Å²) < 4.78 is 0. The lowest BCUT2D eigenvalue weighted by atomic mass is 10.2. The molecule has 0 saturated carbocycles. The number of benzene rings is 1. The van der Waals surface area contributed by atoms with Crippen LogP contribution in [0.5, 0.6) is 0 Å². The zero-order valence-corrected chi connectivity index (χ0v) is 6.69. The first-order chi connectivity index (χ1) is 4.72. The Morgan fingerprint density at radius 3 is 2.27 bits per heavy atom. The Morgan fingerprint density at radius 1 is 1.36 bits per heavy atom. The standard InChI is InChI=1S/C7H5ClOS.CH4/c8-7(9)5-3-1-2-4-6(5)10;/h1-4,10H;1H4. The largest absolute Gasteiger partial charge is 0.276 e. The van der Waals surface area contributed by atoms with Crippen molar-refractivity contribution in [3.63, 3.8) is 0 Å². The fraction of sp³-hybridized carbons (Fsp3) is 0.125.